The Bertz CT molecular complexity index is 557. The number of aliphatic hydroxyl groups is 1. The van der Waals surface area contributed by atoms with E-state index in [-0.39, 0.29) is 0 Å². The third-order valence-electron chi connectivity index (χ3n) is 2.25. The van der Waals surface area contributed by atoms with Crippen molar-refractivity contribution in [2.45, 2.75) is 6.10 Å². The van der Waals surface area contributed by atoms with Gasteiger partial charge in [-0.3, -0.25) is 0 Å². The van der Waals surface area contributed by atoms with Crippen molar-refractivity contribution in [3.63, 3.8) is 0 Å². The van der Waals surface area contributed by atoms with E-state index in [9.17, 15) is 18.3 Å². The van der Waals surface area contributed by atoms with Crippen LogP contribution in [0.1, 0.15) is 16.5 Å². The molecule has 0 spiro atoms. The molecule has 0 radical (unpaired) electrons. The van der Waals surface area contributed by atoms with Gasteiger partial charge < -0.3 is 5.11 Å². The Morgan fingerprint density at radius 3 is 2.06 bits per heavy atom. The SMILES string of the molecule is OC(c1cc(Br)c(Br)s1)c1c(F)cc(F)cc1F. The molecule has 1 aromatic heterocycles. The Hall–Kier alpha value is -0.370. The maximum Gasteiger partial charge on any atom is 0.135 e. The minimum atomic E-state index is -1.47. The molecule has 0 aliphatic carbocycles. The first-order valence-electron chi connectivity index (χ1n) is 4.67. The highest BCUT2D eigenvalue weighted by atomic mass is 79.9. The fourth-order valence-corrected chi connectivity index (χ4v) is 3.54. The molecule has 0 saturated carbocycles. The van der Waals surface area contributed by atoms with Crippen LogP contribution in [0.4, 0.5) is 13.2 Å². The first-order chi connectivity index (χ1) is 8.40. The summed E-state index contributed by atoms with van der Waals surface area (Å²) < 4.78 is 41.1. The van der Waals surface area contributed by atoms with Crippen LogP contribution in [0.25, 0.3) is 0 Å². The average molecular weight is 402 g/mol. The Morgan fingerprint density at radius 1 is 1.06 bits per heavy atom. The standard InChI is InChI=1S/C11H5Br2F3OS/c12-5-3-8(18-11(5)13)10(17)9-6(15)1-4(14)2-7(9)16/h1-3,10,17H. The van der Waals surface area contributed by atoms with E-state index in [2.05, 4.69) is 31.9 Å². The molecule has 1 aromatic carbocycles. The van der Waals surface area contributed by atoms with Crippen molar-refractivity contribution in [1.29, 1.82) is 0 Å². The number of hydrogen-bond donors (Lipinski definition) is 1. The molecule has 0 amide bonds. The predicted octanol–water partition coefficient (Wildman–Crippen LogP) is 4.77. The molecular weight excluding hydrogens is 397 g/mol. The summed E-state index contributed by atoms with van der Waals surface area (Å²) in [7, 11) is 0. The molecule has 0 aliphatic rings. The first-order valence-corrected chi connectivity index (χ1v) is 7.07. The van der Waals surface area contributed by atoms with Gasteiger partial charge >= 0.3 is 0 Å². The molecule has 0 bridgehead atoms. The number of benzene rings is 1. The largest absolute Gasteiger partial charge is 0.383 e. The Kier molecular flexibility index (Phi) is 4.15. The van der Waals surface area contributed by atoms with E-state index in [1.54, 1.807) is 6.07 Å². The van der Waals surface area contributed by atoms with E-state index in [4.69, 9.17) is 0 Å². The van der Waals surface area contributed by atoms with Gasteiger partial charge in [-0.25, -0.2) is 13.2 Å². The lowest BCUT2D eigenvalue weighted by molar-refractivity contribution is 0.212. The number of hydrogen-bond acceptors (Lipinski definition) is 2. The zero-order valence-corrected chi connectivity index (χ0v) is 12.5. The summed E-state index contributed by atoms with van der Waals surface area (Å²) in [6, 6.07) is 2.63. The zero-order valence-electron chi connectivity index (χ0n) is 8.55. The van der Waals surface area contributed by atoms with E-state index in [1.807, 2.05) is 0 Å². The van der Waals surface area contributed by atoms with Crippen LogP contribution in [-0.4, -0.2) is 5.11 Å². The van der Waals surface area contributed by atoms with E-state index in [0.29, 0.717) is 25.3 Å². The average Bonchev–Trinajstić information content (AvgIpc) is 2.57. The van der Waals surface area contributed by atoms with Gasteiger partial charge in [0, 0.05) is 21.5 Å². The topological polar surface area (TPSA) is 20.2 Å². The minimum absolute atomic E-state index is 0.346. The number of thiophene rings is 1. The van der Waals surface area contributed by atoms with Crippen molar-refractivity contribution in [1.82, 2.24) is 0 Å². The van der Waals surface area contributed by atoms with Crippen LogP contribution in [0.5, 0.6) is 0 Å². The van der Waals surface area contributed by atoms with Crippen LogP contribution in [0.2, 0.25) is 0 Å². The molecule has 18 heavy (non-hydrogen) atoms. The van der Waals surface area contributed by atoms with Gasteiger partial charge in [0.2, 0.25) is 0 Å². The molecule has 2 aromatic rings. The molecule has 2 rings (SSSR count). The normalized spacial score (nSPS) is 12.8. The summed E-state index contributed by atoms with van der Waals surface area (Å²) in [6.45, 7) is 0. The maximum absolute atomic E-state index is 13.5. The molecule has 96 valence electrons. The molecule has 1 N–H and O–H groups in total. The fraction of sp³-hybridized carbons (Fsp3) is 0.0909. The van der Waals surface area contributed by atoms with E-state index in [1.165, 1.54) is 0 Å². The van der Waals surface area contributed by atoms with Crippen LogP contribution < -0.4 is 0 Å². The van der Waals surface area contributed by atoms with Gasteiger partial charge in [0.25, 0.3) is 0 Å². The Balaban J connectivity index is 2.49. The van der Waals surface area contributed by atoms with Crippen LogP contribution >= 0.6 is 43.2 Å². The summed E-state index contributed by atoms with van der Waals surface area (Å²) in [5.41, 5.74) is -0.558. The Labute approximate surface area is 122 Å². The minimum Gasteiger partial charge on any atom is -0.383 e. The van der Waals surface area contributed by atoms with Crippen LogP contribution in [0.3, 0.4) is 0 Å². The lowest BCUT2D eigenvalue weighted by atomic mass is 10.1. The van der Waals surface area contributed by atoms with Crippen molar-refractivity contribution in [2.24, 2.45) is 0 Å². The summed E-state index contributed by atoms with van der Waals surface area (Å²) in [5, 5.41) is 9.95. The summed E-state index contributed by atoms with van der Waals surface area (Å²) in [4.78, 5) is 0.346. The van der Waals surface area contributed by atoms with Crippen molar-refractivity contribution in [3.8, 4) is 0 Å². The Morgan fingerprint density at radius 2 is 1.61 bits per heavy atom. The molecule has 1 atom stereocenters. The molecule has 1 unspecified atom stereocenters. The van der Waals surface area contributed by atoms with Crippen molar-refractivity contribution in [2.75, 3.05) is 0 Å². The van der Waals surface area contributed by atoms with Crippen LogP contribution in [0, 0.1) is 17.5 Å². The highest BCUT2D eigenvalue weighted by Gasteiger charge is 2.23. The van der Waals surface area contributed by atoms with Crippen molar-refractivity contribution in [3.05, 3.63) is 54.4 Å². The highest BCUT2D eigenvalue weighted by Crippen LogP contribution is 2.38. The van der Waals surface area contributed by atoms with Gasteiger partial charge in [-0.2, -0.15) is 0 Å². The van der Waals surface area contributed by atoms with E-state index < -0.39 is 29.1 Å². The van der Waals surface area contributed by atoms with Gasteiger partial charge in [0.1, 0.15) is 23.6 Å². The molecule has 1 heterocycles. The van der Waals surface area contributed by atoms with Gasteiger partial charge in [-0.1, -0.05) is 0 Å². The summed E-state index contributed by atoms with van der Waals surface area (Å²) in [5.74, 6) is -3.24. The van der Waals surface area contributed by atoms with E-state index in [0.717, 1.165) is 11.3 Å². The molecular formula is C11H5Br2F3OS. The zero-order chi connectivity index (χ0) is 13.4. The second-order valence-corrected chi connectivity index (χ2v) is 6.71. The van der Waals surface area contributed by atoms with Gasteiger partial charge in [-0.05, 0) is 37.9 Å². The molecule has 0 saturated heterocycles. The molecule has 0 aliphatic heterocycles. The van der Waals surface area contributed by atoms with Crippen LogP contribution in [0.15, 0.2) is 26.5 Å². The quantitative estimate of drug-likeness (QED) is 0.768. The first kappa shape index (κ1) is 14.0. The summed E-state index contributed by atoms with van der Waals surface area (Å²) in [6.07, 6.45) is -1.47. The van der Waals surface area contributed by atoms with Gasteiger partial charge in [-0.15, -0.1) is 11.3 Å². The van der Waals surface area contributed by atoms with Crippen LogP contribution in [-0.2, 0) is 0 Å². The molecule has 0 fully saturated rings. The smallest absolute Gasteiger partial charge is 0.135 e. The number of rotatable bonds is 2. The molecule has 7 heteroatoms. The maximum atomic E-state index is 13.5. The van der Waals surface area contributed by atoms with Crippen molar-refractivity contribution >= 4 is 43.2 Å². The van der Waals surface area contributed by atoms with E-state index >= 15 is 0 Å². The van der Waals surface area contributed by atoms with Crippen molar-refractivity contribution < 1.29 is 18.3 Å². The second-order valence-electron chi connectivity index (χ2n) is 3.46. The lowest BCUT2D eigenvalue weighted by Crippen LogP contribution is -2.05. The highest BCUT2D eigenvalue weighted by molar-refractivity contribution is 9.13. The number of aliphatic hydroxyl groups excluding tert-OH is 1. The third-order valence-corrected chi connectivity index (χ3v) is 5.56. The predicted molar refractivity (Wildman–Crippen MR) is 70.1 cm³/mol. The van der Waals surface area contributed by atoms with Gasteiger partial charge in [0.15, 0.2) is 0 Å². The second kappa shape index (κ2) is 5.32. The number of halogens is 5. The van der Waals surface area contributed by atoms with Gasteiger partial charge in [0.05, 0.1) is 9.35 Å². The molecule has 1 nitrogen and oxygen atoms in total. The lowest BCUT2D eigenvalue weighted by Gasteiger charge is -2.11. The summed E-state index contributed by atoms with van der Waals surface area (Å²) >= 11 is 7.56. The monoisotopic (exact) mass is 400 g/mol. The fourth-order valence-electron chi connectivity index (χ4n) is 1.45. The third kappa shape index (κ3) is 2.64.